The molecular weight excluding hydrogens is 342 g/mol. The maximum absolute atomic E-state index is 13.0. The van der Waals surface area contributed by atoms with Gasteiger partial charge in [0, 0.05) is 53.0 Å². The van der Waals surface area contributed by atoms with E-state index in [4.69, 9.17) is 0 Å². The number of aliphatic hydroxyl groups excluding tert-OH is 1. The third-order valence-electron chi connectivity index (χ3n) is 4.72. The van der Waals surface area contributed by atoms with E-state index in [1.165, 1.54) is 5.56 Å². The number of carbonyl (C=O) groups excluding carboxylic acids is 1. The number of benzene rings is 1. The first-order chi connectivity index (χ1) is 12.9. The number of hydrogen-bond donors (Lipinski definition) is 1. The highest BCUT2D eigenvalue weighted by molar-refractivity contribution is 5.95. The van der Waals surface area contributed by atoms with Crippen LogP contribution in [0.2, 0.25) is 0 Å². The van der Waals surface area contributed by atoms with Crippen LogP contribution in [-0.2, 0) is 6.54 Å². The number of hydrogen-bond acceptors (Lipinski definition) is 6. The van der Waals surface area contributed by atoms with Crippen LogP contribution in [0.4, 0.5) is 5.95 Å². The van der Waals surface area contributed by atoms with Crippen LogP contribution in [0, 0.1) is 6.92 Å². The van der Waals surface area contributed by atoms with Crippen molar-refractivity contribution >= 4 is 11.9 Å². The molecule has 1 aromatic heterocycles. The van der Waals surface area contributed by atoms with Crippen molar-refractivity contribution in [1.29, 1.82) is 0 Å². The molecule has 1 aromatic carbocycles. The second-order valence-electron chi connectivity index (χ2n) is 7.19. The Morgan fingerprint density at radius 3 is 2.63 bits per heavy atom. The topological polar surface area (TPSA) is 72.8 Å². The monoisotopic (exact) mass is 369 g/mol. The normalized spacial score (nSPS) is 18.2. The molecule has 2 heterocycles. The fourth-order valence-corrected chi connectivity index (χ4v) is 3.28. The van der Waals surface area contributed by atoms with Gasteiger partial charge in [0.05, 0.1) is 17.4 Å². The summed E-state index contributed by atoms with van der Waals surface area (Å²) >= 11 is 0. The lowest BCUT2D eigenvalue weighted by molar-refractivity contribution is 0.0661. The van der Waals surface area contributed by atoms with Crippen molar-refractivity contribution in [1.82, 2.24) is 19.8 Å². The van der Waals surface area contributed by atoms with E-state index in [1.54, 1.807) is 16.0 Å². The Bertz CT molecular complexity index is 781. The number of anilines is 1. The molecule has 1 amide bonds. The lowest BCUT2D eigenvalue weighted by atomic mass is 10.2. The average Bonchev–Trinajstić information content (AvgIpc) is 2.83. The molecule has 1 saturated heterocycles. The standard InChI is InChI=1S/C20H27N5O2/c1-15-18(11-21-20(22-15)23(2)3)19(27)25-10-9-24(13-17(26)14-25)12-16-7-5-4-6-8-16/h4-8,11,17,26H,9-10,12-14H2,1-3H3/t17-/m0/s1. The molecule has 1 aliphatic rings. The lowest BCUT2D eigenvalue weighted by Gasteiger charge is -2.22. The summed E-state index contributed by atoms with van der Waals surface area (Å²) in [6.45, 7) is 4.73. The molecule has 3 rings (SSSR count). The minimum absolute atomic E-state index is 0.126. The summed E-state index contributed by atoms with van der Waals surface area (Å²) in [6.07, 6.45) is 1.00. The van der Waals surface area contributed by atoms with Crippen molar-refractivity contribution in [3.05, 3.63) is 53.3 Å². The van der Waals surface area contributed by atoms with E-state index in [1.807, 2.05) is 39.2 Å². The number of aliphatic hydroxyl groups is 1. The number of β-amino-alcohol motifs (C(OH)–C–C–N with tert-alkyl or cyclic N) is 1. The number of aromatic nitrogens is 2. The summed E-state index contributed by atoms with van der Waals surface area (Å²) in [4.78, 5) is 27.3. The summed E-state index contributed by atoms with van der Waals surface area (Å²) in [5, 5.41) is 10.4. The third-order valence-corrected chi connectivity index (χ3v) is 4.72. The van der Waals surface area contributed by atoms with E-state index in [9.17, 15) is 9.90 Å². The first kappa shape index (κ1) is 19.3. The Labute approximate surface area is 160 Å². The highest BCUT2D eigenvalue weighted by Crippen LogP contribution is 2.15. The number of nitrogens with zero attached hydrogens (tertiary/aromatic N) is 5. The molecule has 0 aliphatic carbocycles. The van der Waals surface area contributed by atoms with Crippen molar-refractivity contribution in [2.45, 2.75) is 19.6 Å². The molecule has 0 bridgehead atoms. The molecule has 1 atom stereocenters. The number of amides is 1. The quantitative estimate of drug-likeness (QED) is 0.872. The molecular formula is C20H27N5O2. The van der Waals surface area contributed by atoms with Crippen LogP contribution in [0.15, 0.2) is 36.5 Å². The predicted molar refractivity (Wildman–Crippen MR) is 105 cm³/mol. The third kappa shape index (κ3) is 4.81. The van der Waals surface area contributed by atoms with E-state index in [0.717, 1.165) is 6.54 Å². The summed E-state index contributed by atoms with van der Waals surface area (Å²) in [5.41, 5.74) is 2.34. The minimum atomic E-state index is -0.581. The van der Waals surface area contributed by atoms with Gasteiger partial charge in [0.1, 0.15) is 0 Å². The largest absolute Gasteiger partial charge is 0.390 e. The van der Waals surface area contributed by atoms with Crippen molar-refractivity contribution in [2.24, 2.45) is 0 Å². The van der Waals surface area contributed by atoms with Crippen LogP contribution >= 0.6 is 0 Å². The van der Waals surface area contributed by atoms with Gasteiger partial charge in [-0.15, -0.1) is 0 Å². The van der Waals surface area contributed by atoms with Crippen LogP contribution in [-0.4, -0.2) is 77.2 Å². The van der Waals surface area contributed by atoms with Gasteiger partial charge in [0.2, 0.25) is 5.95 Å². The molecule has 144 valence electrons. The van der Waals surface area contributed by atoms with E-state index in [0.29, 0.717) is 43.4 Å². The fourth-order valence-electron chi connectivity index (χ4n) is 3.28. The van der Waals surface area contributed by atoms with Crippen LogP contribution in [0.25, 0.3) is 0 Å². The summed E-state index contributed by atoms with van der Waals surface area (Å²) in [7, 11) is 3.73. The van der Waals surface area contributed by atoms with Crippen molar-refractivity contribution in [3.63, 3.8) is 0 Å². The smallest absolute Gasteiger partial charge is 0.257 e. The highest BCUT2D eigenvalue weighted by Gasteiger charge is 2.26. The zero-order valence-electron chi connectivity index (χ0n) is 16.2. The number of aryl methyl sites for hydroxylation is 1. The Morgan fingerprint density at radius 1 is 1.22 bits per heavy atom. The highest BCUT2D eigenvalue weighted by atomic mass is 16.3. The molecule has 0 spiro atoms. The second kappa shape index (κ2) is 8.45. The van der Waals surface area contributed by atoms with Gasteiger partial charge in [-0.25, -0.2) is 9.97 Å². The van der Waals surface area contributed by atoms with Crippen molar-refractivity contribution in [2.75, 3.05) is 45.2 Å². The number of carbonyl (C=O) groups is 1. The number of rotatable bonds is 4. The van der Waals surface area contributed by atoms with Crippen LogP contribution < -0.4 is 4.90 Å². The maximum atomic E-state index is 13.0. The SMILES string of the molecule is Cc1nc(N(C)C)ncc1C(=O)N1CCN(Cc2ccccc2)C[C@H](O)C1. The van der Waals surface area contributed by atoms with Crippen molar-refractivity contribution < 1.29 is 9.90 Å². The van der Waals surface area contributed by atoms with Crippen molar-refractivity contribution in [3.8, 4) is 0 Å². The Balaban J connectivity index is 1.69. The van der Waals surface area contributed by atoms with Crippen LogP contribution in [0.3, 0.4) is 0 Å². The summed E-state index contributed by atoms with van der Waals surface area (Å²) in [6, 6.07) is 10.2. The first-order valence-corrected chi connectivity index (χ1v) is 9.18. The fraction of sp³-hybridized carbons (Fsp3) is 0.450. The lowest BCUT2D eigenvalue weighted by Crippen LogP contribution is -2.38. The molecule has 0 saturated carbocycles. The van der Waals surface area contributed by atoms with Gasteiger partial charge in [-0.2, -0.15) is 0 Å². The zero-order valence-corrected chi connectivity index (χ0v) is 16.2. The van der Waals surface area contributed by atoms with Gasteiger partial charge < -0.3 is 14.9 Å². The van der Waals surface area contributed by atoms with E-state index >= 15 is 0 Å². The van der Waals surface area contributed by atoms with Gasteiger partial charge in [0.15, 0.2) is 0 Å². The van der Waals surface area contributed by atoms with Gasteiger partial charge in [-0.3, -0.25) is 9.69 Å². The molecule has 1 fully saturated rings. The van der Waals surface area contributed by atoms with Gasteiger partial charge in [-0.1, -0.05) is 30.3 Å². The van der Waals surface area contributed by atoms with E-state index in [2.05, 4.69) is 27.0 Å². The first-order valence-electron chi connectivity index (χ1n) is 9.18. The van der Waals surface area contributed by atoms with E-state index < -0.39 is 6.10 Å². The van der Waals surface area contributed by atoms with Gasteiger partial charge >= 0.3 is 0 Å². The molecule has 7 heteroatoms. The maximum Gasteiger partial charge on any atom is 0.257 e. The molecule has 1 N–H and O–H groups in total. The average molecular weight is 369 g/mol. The van der Waals surface area contributed by atoms with Gasteiger partial charge in [-0.05, 0) is 12.5 Å². The minimum Gasteiger partial charge on any atom is -0.390 e. The molecule has 27 heavy (non-hydrogen) atoms. The Morgan fingerprint density at radius 2 is 1.96 bits per heavy atom. The van der Waals surface area contributed by atoms with E-state index in [-0.39, 0.29) is 5.91 Å². The van der Waals surface area contributed by atoms with Crippen LogP contribution in [0.5, 0.6) is 0 Å². The van der Waals surface area contributed by atoms with Crippen LogP contribution in [0.1, 0.15) is 21.6 Å². The zero-order chi connectivity index (χ0) is 19.4. The Kier molecular flexibility index (Phi) is 6.03. The molecule has 7 nitrogen and oxygen atoms in total. The molecule has 1 aliphatic heterocycles. The Hall–Kier alpha value is -2.51. The van der Waals surface area contributed by atoms with Gasteiger partial charge in [0.25, 0.3) is 5.91 Å². The molecule has 0 unspecified atom stereocenters. The summed E-state index contributed by atoms with van der Waals surface area (Å²) in [5.74, 6) is 0.451. The predicted octanol–water partition coefficient (Wildman–Crippen LogP) is 1.17. The second-order valence-corrected chi connectivity index (χ2v) is 7.19. The molecule has 0 radical (unpaired) electrons. The molecule has 2 aromatic rings. The summed E-state index contributed by atoms with van der Waals surface area (Å²) < 4.78 is 0.